The number of amides is 1. The van der Waals surface area contributed by atoms with Gasteiger partial charge in [-0.2, -0.15) is 10.0 Å². The van der Waals surface area contributed by atoms with E-state index < -0.39 is 5.91 Å². The number of nitrogens with zero attached hydrogens (tertiary/aromatic N) is 3. The third-order valence-electron chi connectivity index (χ3n) is 5.12. The van der Waals surface area contributed by atoms with E-state index in [2.05, 4.69) is 20.7 Å². The van der Waals surface area contributed by atoms with Crippen LogP contribution < -0.4 is 10.1 Å². The van der Waals surface area contributed by atoms with E-state index in [1.807, 2.05) is 31.2 Å². The first kappa shape index (κ1) is 22.6. The minimum absolute atomic E-state index is 0.0614. The Bertz CT molecular complexity index is 1370. The Morgan fingerprint density at radius 3 is 2.47 bits per heavy atom. The van der Waals surface area contributed by atoms with Crippen LogP contribution in [0.15, 0.2) is 94.3 Å². The van der Waals surface area contributed by atoms with Crippen molar-refractivity contribution in [1.82, 2.24) is 0 Å². The zero-order chi connectivity index (χ0) is 23.9. The minimum atomic E-state index is -0.502. The Morgan fingerprint density at radius 1 is 0.971 bits per heavy atom. The first-order valence-electron chi connectivity index (χ1n) is 10.7. The summed E-state index contributed by atoms with van der Waals surface area (Å²) in [6, 6.07) is 22.9. The largest absolute Gasteiger partial charge is 0.505 e. The van der Waals surface area contributed by atoms with Crippen LogP contribution in [-0.2, 0) is 6.54 Å². The molecule has 4 aromatic rings. The van der Waals surface area contributed by atoms with Crippen LogP contribution in [-0.4, -0.2) is 17.6 Å². The van der Waals surface area contributed by atoms with Crippen LogP contribution in [0.4, 0.5) is 17.1 Å². The molecule has 0 unspecified atom stereocenters. The highest BCUT2D eigenvalue weighted by Crippen LogP contribution is 2.40. The van der Waals surface area contributed by atoms with Crippen LogP contribution in [0, 0.1) is 4.91 Å². The molecular weight excluding hydrogens is 432 g/mol. The van der Waals surface area contributed by atoms with Crippen LogP contribution >= 0.6 is 0 Å². The Balaban J connectivity index is 1.71. The lowest BCUT2D eigenvalue weighted by molar-refractivity contribution is 0.102. The fraction of sp³-hybridized carbons (Fsp3) is 0.115. The summed E-state index contributed by atoms with van der Waals surface area (Å²) < 4.78 is 5.58. The van der Waals surface area contributed by atoms with Crippen LogP contribution in [0.2, 0.25) is 0 Å². The van der Waals surface area contributed by atoms with Crippen molar-refractivity contribution < 1.29 is 14.6 Å². The zero-order valence-electron chi connectivity index (χ0n) is 18.4. The second kappa shape index (κ2) is 10.4. The molecule has 0 spiro atoms. The number of hydrogen-bond acceptors (Lipinski definition) is 7. The first-order chi connectivity index (χ1) is 16.6. The van der Waals surface area contributed by atoms with Gasteiger partial charge in [0.2, 0.25) is 0 Å². The van der Waals surface area contributed by atoms with Gasteiger partial charge >= 0.3 is 0 Å². The number of para-hydroxylation sites is 2. The van der Waals surface area contributed by atoms with Crippen LogP contribution in [0.1, 0.15) is 22.8 Å². The smallest absolute Gasteiger partial charge is 0.259 e. The highest BCUT2D eigenvalue weighted by atomic mass is 16.5. The number of nitrogens with one attached hydrogen (secondary N) is 1. The predicted octanol–water partition coefficient (Wildman–Crippen LogP) is 6.88. The molecule has 0 aliphatic rings. The fourth-order valence-corrected chi connectivity index (χ4v) is 3.48. The van der Waals surface area contributed by atoms with Gasteiger partial charge in [0.15, 0.2) is 5.75 Å². The number of benzene rings is 4. The molecule has 170 valence electrons. The van der Waals surface area contributed by atoms with Crippen molar-refractivity contribution in [3.63, 3.8) is 0 Å². The highest BCUT2D eigenvalue weighted by molar-refractivity contribution is 6.12. The van der Waals surface area contributed by atoms with Crippen molar-refractivity contribution in [2.45, 2.75) is 13.5 Å². The number of rotatable bonds is 8. The van der Waals surface area contributed by atoms with E-state index in [0.29, 0.717) is 29.1 Å². The number of ether oxygens (including phenoxy) is 1. The SMILES string of the molecule is CCOc1ccccc1NC(=O)c1cc2ccccc2c(/N=N/c2ccc(CN=O)cc2)c1O. The number of carbonyl (C=O) groups excluding carboxylic acids is 1. The molecule has 4 rings (SSSR count). The van der Waals surface area contributed by atoms with E-state index in [9.17, 15) is 14.8 Å². The molecule has 0 fully saturated rings. The van der Waals surface area contributed by atoms with Gasteiger partial charge < -0.3 is 15.2 Å². The van der Waals surface area contributed by atoms with Gasteiger partial charge in [0.25, 0.3) is 5.91 Å². The zero-order valence-corrected chi connectivity index (χ0v) is 18.4. The van der Waals surface area contributed by atoms with Crippen molar-refractivity contribution in [2.24, 2.45) is 15.4 Å². The fourth-order valence-electron chi connectivity index (χ4n) is 3.48. The monoisotopic (exact) mass is 454 g/mol. The average molecular weight is 454 g/mol. The summed E-state index contributed by atoms with van der Waals surface area (Å²) in [6.07, 6.45) is 0. The summed E-state index contributed by atoms with van der Waals surface area (Å²) in [4.78, 5) is 23.6. The van der Waals surface area contributed by atoms with E-state index in [1.54, 1.807) is 54.6 Å². The topological polar surface area (TPSA) is 113 Å². The lowest BCUT2D eigenvalue weighted by atomic mass is 10.0. The Kier molecular flexibility index (Phi) is 6.88. The van der Waals surface area contributed by atoms with Crippen LogP contribution in [0.3, 0.4) is 0 Å². The number of anilines is 1. The van der Waals surface area contributed by atoms with Gasteiger partial charge in [0.1, 0.15) is 18.0 Å². The van der Waals surface area contributed by atoms with Crippen molar-refractivity contribution in [2.75, 3.05) is 11.9 Å². The normalized spacial score (nSPS) is 11.0. The molecule has 2 N–H and O–H groups in total. The Labute approximate surface area is 195 Å². The minimum Gasteiger partial charge on any atom is -0.505 e. The lowest BCUT2D eigenvalue weighted by Gasteiger charge is -2.13. The molecular formula is C26H22N4O4. The standard InChI is InChI=1S/C26H22N4O4/c1-2-34-23-10-6-5-9-22(23)28-26(32)21-15-18-7-3-4-8-20(18)24(25(21)31)30-29-19-13-11-17(12-14-19)16-27-33/h3-15,31H,2,16H2,1H3,(H,28,32)/b30-29+. The maximum atomic E-state index is 13.1. The number of fused-ring (bicyclic) bond motifs is 1. The summed E-state index contributed by atoms with van der Waals surface area (Å²) in [5.41, 5.74) is 2.02. The second-order valence-corrected chi connectivity index (χ2v) is 7.38. The molecule has 0 saturated heterocycles. The van der Waals surface area contributed by atoms with E-state index in [0.717, 1.165) is 10.9 Å². The summed E-state index contributed by atoms with van der Waals surface area (Å²) in [6.45, 7) is 2.38. The summed E-state index contributed by atoms with van der Waals surface area (Å²) >= 11 is 0. The quantitative estimate of drug-likeness (QED) is 0.223. The second-order valence-electron chi connectivity index (χ2n) is 7.38. The van der Waals surface area contributed by atoms with Gasteiger partial charge in [-0.1, -0.05) is 53.7 Å². The molecule has 0 aromatic heterocycles. The number of carbonyl (C=O) groups is 1. The maximum Gasteiger partial charge on any atom is 0.259 e. The van der Waals surface area contributed by atoms with E-state index in [-0.39, 0.29) is 23.5 Å². The van der Waals surface area contributed by atoms with Gasteiger partial charge in [-0.15, -0.1) is 5.11 Å². The highest BCUT2D eigenvalue weighted by Gasteiger charge is 2.19. The van der Waals surface area contributed by atoms with Crippen LogP contribution in [0.25, 0.3) is 10.8 Å². The molecule has 0 saturated carbocycles. The van der Waals surface area contributed by atoms with Crippen LogP contribution in [0.5, 0.6) is 11.5 Å². The van der Waals surface area contributed by atoms with Crippen molar-refractivity contribution in [3.8, 4) is 11.5 Å². The number of azo groups is 1. The molecule has 4 aromatic carbocycles. The van der Waals surface area contributed by atoms with E-state index in [4.69, 9.17) is 4.74 Å². The molecule has 34 heavy (non-hydrogen) atoms. The van der Waals surface area contributed by atoms with Gasteiger partial charge in [0.05, 0.1) is 23.5 Å². The predicted molar refractivity (Wildman–Crippen MR) is 131 cm³/mol. The van der Waals surface area contributed by atoms with Gasteiger partial charge in [0, 0.05) is 5.39 Å². The summed E-state index contributed by atoms with van der Waals surface area (Å²) in [5, 5.41) is 26.5. The molecule has 0 aliphatic heterocycles. The first-order valence-corrected chi connectivity index (χ1v) is 10.7. The lowest BCUT2D eigenvalue weighted by Crippen LogP contribution is -2.13. The number of phenols is 1. The van der Waals surface area contributed by atoms with E-state index in [1.165, 1.54) is 0 Å². The van der Waals surface area contributed by atoms with Crippen molar-refractivity contribution >= 4 is 33.7 Å². The molecule has 0 bridgehead atoms. The van der Waals surface area contributed by atoms with Gasteiger partial charge in [-0.05, 0) is 48.2 Å². The molecule has 8 nitrogen and oxygen atoms in total. The molecule has 0 radical (unpaired) electrons. The summed E-state index contributed by atoms with van der Waals surface area (Å²) in [7, 11) is 0. The molecule has 0 atom stereocenters. The molecule has 0 heterocycles. The van der Waals surface area contributed by atoms with Gasteiger partial charge in [-0.25, -0.2) is 0 Å². The third kappa shape index (κ3) is 4.91. The molecule has 8 heteroatoms. The number of phenolic OH excluding ortho intramolecular Hbond substituents is 1. The third-order valence-corrected chi connectivity index (χ3v) is 5.12. The molecule has 1 amide bonds. The average Bonchev–Trinajstić information content (AvgIpc) is 2.85. The molecule has 0 aliphatic carbocycles. The maximum absolute atomic E-state index is 13.1. The number of hydrogen-bond donors (Lipinski definition) is 2. The Hall–Kier alpha value is -4.59. The van der Waals surface area contributed by atoms with Crippen molar-refractivity contribution in [1.29, 1.82) is 0 Å². The number of nitroso groups, excluding NO2 is 1. The summed E-state index contributed by atoms with van der Waals surface area (Å²) in [5.74, 6) is -0.250. The van der Waals surface area contributed by atoms with Gasteiger partial charge in [-0.3, -0.25) is 4.79 Å². The van der Waals surface area contributed by atoms with Crippen molar-refractivity contribution in [3.05, 3.63) is 94.9 Å². The Morgan fingerprint density at radius 2 is 1.71 bits per heavy atom. The van der Waals surface area contributed by atoms with E-state index >= 15 is 0 Å². The number of aromatic hydroxyl groups is 1.